The van der Waals surface area contributed by atoms with Crippen LogP contribution in [0.3, 0.4) is 0 Å². The Balaban J connectivity index is 1.26. The lowest BCUT2D eigenvalue weighted by atomic mass is 9.98. The number of carbonyl (C=O) groups is 2. The number of aromatic nitrogens is 1. The number of hydrazone groups is 1. The van der Waals surface area contributed by atoms with Gasteiger partial charge in [0.15, 0.2) is 0 Å². The minimum Gasteiger partial charge on any atom is -0.497 e. The Kier molecular flexibility index (Phi) is 7.21. The summed E-state index contributed by atoms with van der Waals surface area (Å²) in [5.41, 5.74) is 3.60. The van der Waals surface area contributed by atoms with Crippen LogP contribution in [0.2, 0.25) is 0 Å². The highest BCUT2D eigenvalue weighted by Crippen LogP contribution is 2.34. The van der Waals surface area contributed by atoms with Gasteiger partial charge in [-0.25, -0.2) is 5.01 Å². The van der Waals surface area contributed by atoms with Gasteiger partial charge in [-0.15, -0.1) is 0 Å². The Morgan fingerprint density at radius 2 is 1.70 bits per heavy atom. The fraction of sp³-hybridized carbons (Fsp3) is 0.200. The first kappa shape index (κ1) is 24.2. The highest BCUT2D eigenvalue weighted by Gasteiger charge is 2.33. The van der Waals surface area contributed by atoms with Crippen LogP contribution in [-0.2, 0) is 16.1 Å². The molecule has 0 saturated carbocycles. The minimum absolute atomic E-state index is 0.0625. The zero-order valence-electron chi connectivity index (χ0n) is 20.6. The van der Waals surface area contributed by atoms with E-state index in [-0.39, 0.29) is 30.7 Å². The second-order valence-electron chi connectivity index (χ2n) is 8.90. The summed E-state index contributed by atoms with van der Waals surface area (Å²) in [5.74, 6) is 0.363. The summed E-state index contributed by atoms with van der Waals surface area (Å²) in [4.78, 5) is 30.3. The fourth-order valence-electron chi connectivity index (χ4n) is 4.56. The molecule has 0 radical (unpaired) electrons. The molecule has 7 heteroatoms. The number of hydrogen-bond donors (Lipinski definition) is 1. The first-order valence-electron chi connectivity index (χ1n) is 12.3. The highest BCUT2D eigenvalue weighted by molar-refractivity contribution is 6.03. The van der Waals surface area contributed by atoms with Crippen molar-refractivity contribution in [3.05, 3.63) is 108 Å². The summed E-state index contributed by atoms with van der Waals surface area (Å²) in [6.07, 6.45) is 2.47. The summed E-state index contributed by atoms with van der Waals surface area (Å²) in [7, 11) is 1.62. The third kappa shape index (κ3) is 5.51. The normalized spacial score (nSPS) is 14.9. The van der Waals surface area contributed by atoms with Gasteiger partial charge in [0, 0.05) is 30.8 Å². The minimum atomic E-state index is -0.239. The van der Waals surface area contributed by atoms with Gasteiger partial charge >= 0.3 is 0 Å². The first-order chi connectivity index (χ1) is 18.1. The van der Waals surface area contributed by atoms with Crippen molar-refractivity contribution in [2.45, 2.75) is 31.8 Å². The van der Waals surface area contributed by atoms with E-state index in [0.717, 1.165) is 39.1 Å². The molecule has 37 heavy (non-hydrogen) atoms. The predicted molar refractivity (Wildman–Crippen MR) is 143 cm³/mol. The van der Waals surface area contributed by atoms with Gasteiger partial charge in [-0.2, -0.15) is 5.10 Å². The molecule has 4 aromatic rings. The molecule has 2 heterocycles. The number of hydrogen-bond acceptors (Lipinski definition) is 5. The van der Waals surface area contributed by atoms with Crippen LogP contribution in [0.5, 0.6) is 5.75 Å². The van der Waals surface area contributed by atoms with E-state index in [0.29, 0.717) is 13.0 Å². The molecule has 1 aliphatic rings. The van der Waals surface area contributed by atoms with Crippen molar-refractivity contribution in [1.29, 1.82) is 0 Å². The van der Waals surface area contributed by atoms with Crippen LogP contribution in [0.1, 0.15) is 42.1 Å². The van der Waals surface area contributed by atoms with Crippen molar-refractivity contribution in [2.75, 3.05) is 7.11 Å². The Morgan fingerprint density at radius 1 is 0.946 bits per heavy atom. The van der Waals surface area contributed by atoms with E-state index in [4.69, 9.17) is 9.84 Å². The number of pyridine rings is 1. The van der Waals surface area contributed by atoms with E-state index in [1.54, 1.807) is 13.3 Å². The van der Waals surface area contributed by atoms with Gasteiger partial charge in [0.2, 0.25) is 11.8 Å². The van der Waals surface area contributed by atoms with Crippen LogP contribution >= 0.6 is 0 Å². The van der Waals surface area contributed by atoms with Crippen LogP contribution < -0.4 is 10.1 Å². The summed E-state index contributed by atoms with van der Waals surface area (Å²) < 4.78 is 5.28. The third-order valence-corrected chi connectivity index (χ3v) is 6.55. The second-order valence-corrected chi connectivity index (χ2v) is 8.90. The zero-order valence-corrected chi connectivity index (χ0v) is 20.6. The second kappa shape index (κ2) is 11.0. The van der Waals surface area contributed by atoms with Gasteiger partial charge in [-0.3, -0.25) is 14.6 Å². The van der Waals surface area contributed by atoms with E-state index in [9.17, 15) is 9.59 Å². The topological polar surface area (TPSA) is 83.9 Å². The van der Waals surface area contributed by atoms with E-state index in [1.165, 1.54) is 5.01 Å². The van der Waals surface area contributed by atoms with Crippen LogP contribution in [0.25, 0.3) is 10.8 Å². The van der Waals surface area contributed by atoms with Gasteiger partial charge in [0.25, 0.3) is 0 Å². The number of amides is 2. The van der Waals surface area contributed by atoms with Gasteiger partial charge in [0.1, 0.15) is 5.75 Å². The van der Waals surface area contributed by atoms with Crippen molar-refractivity contribution >= 4 is 28.3 Å². The molecule has 2 amide bonds. The zero-order chi connectivity index (χ0) is 25.6. The van der Waals surface area contributed by atoms with Crippen LogP contribution in [-0.4, -0.2) is 34.6 Å². The van der Waals surface area contributed by atoms with Crippen LogP contribution in [0, 0.1) is 0 Å². The summed E-state index contributed by atoms with van der Waals surface area (Å²) in [5, 5.41) is 11.2. The highest BCUT2D eigenvalue weighted by atomic mass is 16.5. The SMILES string of the molecule is COc1ccc([C@H]2CC(c3ccccc3)=NN2C(=O)CCC(=O)NCc2nccc3ccccc23)cc1. The molecule has 0 spiro atoms. The third-order valence-electron chi connectivity index (χ3n) is 6.55. The number of rotatable bonds is 8. The number of benzene rings is 3. The average molecular weight is 493 g/mol. The standard InChI is InChI=1S/C30H28N4O3/c1-37-24-13-11-23(12-14-24)28-19-26(22-8-3-2-4-9-22)33-34(28)30(36)16-15-29(35)32-20-27-25-10-6-5-7-21(25)17-18-31-27/h2-14,17-18,28H,15-16,19-20H2,1H3,(H,32,35)/t28-/m1/s1. The van der Waals surface area contributed by atoms with E-state index in [1.807, 2.05) is 84.9 Å². The Bertz CT molecular complexity index is 1430. The van der Waals surface area contributed by atoms with E-state index in [2.05, 4.69) is 10.3 Å². The van der Waals surface area contributed by atoms with Crippen LogP contribution in [0.15, 0.2) is 96.2 Å². The molecule has 0 bridgehead atoms. The Labute approximate surface area is 215 Å². The van der Waals surface area contributed by atoms with Gasteiger partial charge < -0.3 is 10.1 Å². The van der Waals surface area contributed by atoms with Crippen LogP contribution in [0.4, 0.5) is 0 Å². The van der Waals surface area contributed by atoms with E-state index < -0.39 is 0 Å². The fourth-order valence-corrected chi connectivity index (χ4v) is 4.56. The summed E-state index contributed by atoms with van der Waals surface area (Å²) >= 11 is 0. The smallest absolute Gasteiger partial charge is 0.243 e. The molecule has 186 valence electrons. The molecular weight excluding hydrogens is 464 g/mol. The molecule has 7 nitrogen and oxygen atoms in total. The number of fused-ring (bicyclic) bond motifs is 1. The number of nitrogens with one attached hydrogen (secondary N) is 1. The molecule has 1 N–H and O–H groups in total. The molecule has 0 fully saturated rings. The maximum absolute atomic E-state index is 13.3. The Morgan fingerprint density at radius 3 is 2.49 bits per heavy atom. The summed E-state index contributed by atoms with van der Waals surface area (Å²) in [6.45, 7) is 0.308. The summed E-state index contributed by atoms with van der Waals surface area (Å²) in [6, 6.07) is 27.2. The molecule has 5 rings (SSSR count). The van der Waals surface area contributed by atoms with Crippen molar-refractivity contribution in [3.63, 3.8) is 0 Å². The monoisotopic (exact) mass is 492 g/mol. The molecule has 0 aliphatic carbocycles. The molecule has 3 aromatic carbocycles. The quantitative estimate of drug-likeness (QED) is 0.374. The van der Waals surface area contributed by atoms with Gasteiger partial charge in [0.05, 0.1) is 31.1 Å². The van der Waals surface area contributed by atoms with Crippen molar-refractivity contribution in [3.8, 4) is 5.75 Å². The molecule has 0 saturated heterocycles. The first-order valence-corrected chi connectivity index (χ1v) is 12.3. The number of carbonyl (C=O) groups excluding carboxylic acids is 2. The van der Waals surface area contributed by atoms with Crippen molar-refractivity contribution < 1.29 is 14.3 Å². The predicted octanol–water partition coefficient (Wildman–Crippen LogP) is 5.02. The maximum Gasteiger partial charge on any atom is 0.243 e. The van der Waals surface area contributed by atoms with Crippen molar-refractivity contribution in [2.24, 2.45) is 5.10 Å². The molecule has 1 atom stereocenters. The molecule has 1 aliphatic heterocycles. The molecule has 1 aromatic heterocycles. The number of methoxy groups -OCH3 is 1. The molecule has 0 unspecified atom stereocenters. The maximum atomic E-state index is 13.3. The average Bonchev–Trinajstić information content (AvgIpc) is 3.41. The molecular formula is C30H28N4O3. The van der Waals surface area contributed by atoms with E-state index >= 15 is 0 Å². The number of nitrogens with zero attached hydrogens (tertiary/aromatic N) is 3. The number of ether oxygens (including phenoxy) is 1. The Hall–Kier alpha value is -4.52. The van der Waals surface area contributed by atoms with Crippen molar-refractivity contribution in [1.82, 2.24) is 15.3 Å². The lowest BCUT2D eigenvalue weighted by Crippen LogP contribution is -2.29. The lowest BCUT2D eigenvalue weighted by molar-refractivity contribution is -0.135. The van der Waals surface area contributed by atoms with Gasteiger partial charge in [-0.05, 0) is 34.7 Å². The largest absolute Gasteiger partial charge is 0.497 e. The van der Waals surface area contributed by atoms with Gasteiger partial charge in [-0.1, -0.05) is 66.7 Å². The lowest BCUT2D eigenvalue weighted by Gasteiger charge is -2.22.